The van der Waals surface area contributed by atoms with E-state index in [0.717, 1.165) is 12.5 Å². The molecule has 0 spiro atoms. The predicted molar refractivity (Wildman–Crippen MR) is 92.1 cm³/mol. The van der Waals surface area contributed by atoms with Gasteiger partial charge >= 0.3 is 0 Å². The fourth-order valence-electron chi connectivity index (χ4n) is 2.77. The van der Waals surface area contributed by atoms with Crippen LogP contribution in [0.25, 0.3) is 0 Å². The smallest absolute Gasteiger partial charge is 0.223 e. The summed E-state index contributed by atoms with van der Waals surface area (Å²) < 4.78 is 18.4. The summed E-state index contributed by atoms with van der Waals surface area (Å²) in [4.78, 5) is 26.1. The highest BCUT2D eigenvalue weighted by Gasteiger charge is 2.34. The molecule has 1 aliphatic heterocycles. The van der Waals surface area contributed by atoms with Crippen LogP contribution in [0.1, 0.15) is 36.5 Å². The van der Waals surface area contributed by atoms with Gasteiger partial charge in [0.25, 0.3) is 0 Å². The van der Waals surface area contributed by atoms with Crippen LogP contribution in [0.4, 0.5) is 4.39 Å². The molecule has 1 unspecified atom stereocenters. The van der Waals surface area contributed by atoms with Crippen LogP contribution in [0.3, 0.4) is 0 Å². The number of rotatable bonds is 6. The van der Waals surface area contributed by atoms with Gasteiger partial charge in [-0.15, -0.1) is 12.4 Å². The van der Waals surface area contributed by atoms with Crippen molar-refractivity contribution in [1.29, 1.82) is 0 Å². The fraction of sp³-hybridized carbons (Fsp3) is 0.529. The summed E-state index contributed by atoms with van der Waals surface area (Å²) in [6.07, 6.45) is 1.08. The molecule has 1 aromatic rings. The molecule has 0 aromatic heterocycles. The van der Waals surface area contributed by atoms with Gasteiger partial charge in [-0.1, -0.05) is 6.92 Å². The van der Waals surface area contributed by atoms with Gasteiger partial charge in [0.1, 0.15) is 0 Å². The third-order valence-electron chi connectivity index (χ3n) is 4.44. The second-order valence-electron chi connectivity index (χ2n) is 6.35. The van der Waals surface area contributed by atoms with Crippen LogP contribution in [0, 0.1) is 11.2 Å². The van der Waals surface area contributed by atoms with E-state index in [2.05, 4.69) is 6.92 Å². The van der Waals surface area contributed by atoms with Crippen LogP contribution in [0.15, 0.2) is 18.2 Å². The largest absolute Gasteiger partial charge is 0.494 e. The lowest BCUT2D eigenvalue weighted by atomic mass is 9.90. The van der Waals surface area contributed by atoms with Crippen LogP contribution in [0.5, 0.6) is 5.75 Å². The zero-order valence-electron chi connectivity index (χ0n) is 14.0. The molecular weight excluding hydrogens is 335 g/mol. The first kappa shape index (κ1) is 20.4. The monoisotopic (exact) mass is 358 g/mol. The molecule has 1 amide bonds. The molecule has 1 aromatic carbocycles. The topological polar surface area (TPSA) is 72.6 Å². The molecule has 0 radical (unpaired) electrons. The number of Topliss-reactive ketones (excluding diaryl/α,β-unsaturated/α-hetero) is 1. The second kappa shape index (κ2) is 8.44. The number of likely N-dealkylation sites (tertiary alicyclic amines) is 1. The van der Waals surface area contributed by atoms with E-state index < -0.39 is 5.82 Å². The zero-order valence-corrected chi connectivity index (χ0v) is 14.8. The Morgan fingerprint density at radius 1 is 1.38 bits per heavy atom. The number of nitrogens with two attached hydrogens (primary N) is 1. The minimum absolute atomic E-state index is 0. The van der Waals surface area contributed by atoms with Crippen molar-refractivity contribution in [3.05, 3.63) is 29.6 Å². The van der Waals surface area contributed by atoms with Gasteiger partial charge in [-0.2, -0.15) is 0 Å². The van der Waals surface area contributed by atoms with E-state index in [9.17, 15) is 14.0 Å². The van der Waals surface area contributed by atoms with Gasteiger partial charge in [0.2, 0.25) is 5.91 Å². The maximum absolute atomic E-state index is 13.6. The van der Waals surface area contributed by atoms with Gasteiger partial charge in [0, 0.05) is 31.5 Å². The molecule has 2 rings (SSSR count). The van der Waals surface area contributed by atoms with Crippen LogP contribution < -0.4 is 10.5 Å². The third kappa shape index (κ3) is 4.68. The summed E-state index contributed by atoms with van der Waals surface area (Å²) >= 11 is 0. The lowest BCUT2D eigenvalue weighted by Crippen LogP contribution is -2.34. The highest BCUT2D eigenvalue weighted by Crippen LogP contribution is 2.29. The van der Waals surface area contributed by atoms with Crippen molar-refractivity contribution in [2.45, 2.75) is 26.2 Å². The molecule has 1 aliphatic rings. The Hall–Kier alpha value is -1.66. The molecule has 5 nitrogen and oxygen atoms in total. The molecule has 0 bridgehead atoms. The fourth-order valence-corrected chi connectivity index (χ4v) is 2.77. The Morgan fingerprint density at radius 2 is 2.08 bits per heavy atom. The van der Waals surface area contributed by atoms with E-state index >= 15 is 0 Å². The average Bonchev–Trinajstić information content (AvgIpc) is 2.95. The van der Waals surface area contributed by atoms with Gasteiger partial charge in [-0.3, -0.25) is 9.59 Å². The molecular formula is C17H24ClFN2O3. The van der Waals surface area contributed by atoms with Gasteiger partial charge in [0.15, 0.2) is 17.3 Å². The summed E-state index contributed by atoms with van der Waals surface area (Å²) in [6.45, 7) is 3.91. The minimum atomic E-state index is -0.581. The van der Waals surface area contributed by atoms with Gasteiger partial charge in [-0.25, -0.2) is 4.39 Å². The highest BCUT2D eigenvalue weighted by atomic mass is 35.5. The predicted octanol–water partition coefficient (Wildman–Crippen LogP) is 2.42. The number of amides is 1. The number of carbonyl (C=O) groups excluding carboxylic acids is 2. The van der Waals surface area contributed by atoms with Gasteiger partial charge in [-0.05, 0) is 36.6 Å². The van der Waals surface area contributed by atoms with Crippen LogP contribution >= 0.6 is 12.4 Å². The molecule has 7 heteroatoms. The normalized spacial score (nSPS) is 19.8. The molecule has 0 saturated carbocycles. The second-order valence-corrected chi connectivity index (χ2v) is 6.35. The first-order valence-electron chi connectivity index (χ1n) is 7.73. The Labute approximate surface area is 147 Å². The third-order valence-corrected chi connectivity index (χ3v) is 4.44. The van der Waals surface area contributed by atoms with Crippen LogP contribution in [-0.4, -0.2) is 43.3 Å². The summed E-state index contributed by atoms with van der Waals surface area (Å²) in [7, 11) is 1.36. The molecule has 2 N–H and O–H groups in total. The number of ether oxygens (including phenoxy) is 1. The van der Waals surface area contributed by atoms with Crippen molar-refractivity contribution in [2.24, 2.45) is 11.1 Å². The first-order chi connectivity index (χ1) is 10.9. The lowest BCUT2D eigenvalue weighted by molar-refractivity contribution is -0.130. The van der Waals surface area contributed by atoms with Crippen molar-refractivity contribution < 1.29 is 18.7 Å². The maximum Gasteiger partial charge on any atom is 0.223 e. The zero-order chi connectivity index (χ0) is 17.0. The Kier molecular flexibility index (Phi) is 7.17. The standard InChI is InChI=1S/C17H23FN2O3.ClH/c1-17(10-19)7-8-20(11-17)16(22)6-4-14(21)12-3-5-15(23-2)13(18)9-12;/h3,5,9H,4,6-8,10-11,19H2,1-2H3;1H. The first-order valence-corrected chi connectivity index (χ1v) is 7.73. The molecule has 1 saturated heterocycles. The summed E-state index contributed by atoms with van der Waals surface area (Å²) in [5.74, 6) is -0.788. The number of carbonyl (C=O) groups is 2. The average molecular weight is 359 g/mol. The van der Waals surface area contributed by atoms with Crippen LogP contribution in [-0.2, 0) is 4.79 Å². The minimum Gasteiger partial charge on any atom is -0.494 e. The molecule has 24 heavy (non-hydrogen) atoms. The summed E-state index contributed by atoms with van der Waals surface area (Å²) in [6, 6.07) is 4.07. The Bertz CT molecular complexity index is 611. The SMILES string of the molecule is COc1ccc(C(=O)CCC(=O)N2CCC(C)(CN)C2)cc1F.Cl. The molecule has 1 heterocycles. The number of ketones is 1. The van der Waals surface area contributed by atoms with Crippen molar-refractivity contribution in [1.82, 2.24) is 4.90 Å². The lowest BCUT2D eigenvalue weighted by Gasteiger charge is -2.22. The molecule has 0 aliphatic carbocycles. The van der Waals surface area contributed by atoms with E-state index in [-0.39, 0.29) is 53.7 Å². The maximum atomic E-state index is 13.6. The quantitative estimate of drug-likeness (QED) is 0.793. The number of benzene rings is 1. The van der Waals surface area contributed by atoms with E-state index in [1.54, 1.807) is 4.90 Å². The van der Waals surface area contributed by atoms with Gasteiger partial charge < -0.3 is 15.4 Å². The summed E-state index contributed by atoms with van der Waals surface area (Å²) in [5.41, 5.74) is 5.95. The van der Waals surface area contributed by atoms with Crippen LogP contribution in [0.2, 0.25) is 0 Å². The number of nitrogens with zero attached hydrogens (tertiary/aromatic N) is 1. The Morgan fingerprint density at radius 3 is 2.62 bits per heavy atom. The number of halogens is 2. The van der Waals surface area contributed by atoms with Crippen molar-refractivity contribution in [3.63, 3.8) is 0 Å². The van der Waals surface area contributed by atoms with E-state index in [4.69, 9.17) is 10.5 Å². The van der Waals surface area contributed by atoms with Crippen molar-refractivity contribution >= 4 is 24.1 Å². The van der Waals surface area contributed by atoms with Gasteiger partial charge in [0.05, 0.1) is 7.11 Å². The Balaban J connectivity index is 0.00000288. The van der Waals surface area contributed by atoms with E-state index in [1.807, 2.05) is 0 Å². The van der Waals surface area contributed by atoms with Crippen molar-refractivity contribution in [2.75, 3.05) is 26.7 Å². The highest BCUT2D eigenvalue weighted by molar-refractivity contribution is 5.98. The number of hydrogen-bond donors (Lipinski definition) is 1. The summed E-state index contributed by atoms with van der Waals surface area (Å²) in [5, 5.41) is 0. The van der Waals surface area contributed by atoms with E-state index in [0.29, 0.717) is 19.6 Å². The van der Waals surface area contributed by atoms with Crippen molar-refractivity contribution in [3.8, 4) is 5.75 Å². The molecule has 134 valence electrons. The number of hydrogen-bond acceptors (Lipinski definition) is 4. The molecule has 1 fully saturated rings. The van der Waals surface area contributed by atoms with E-state index in [1.165, 1.54) is 19.2 Å². The number of methoxy groups -OCH3 is 1. The molecule has 1 atom stereocenters.